The lowest BCUT2D eigenvalue weighted by Crippen LogP contribution is -2.48. The van der Waals surface area contributed by atoms with Crippen molar-refractivity contribution in [1.29, 1.82) is 0 Å². The number of piperazine rings is 1. The number of nitrogens with zero attached hydrogens (tertiary/aromatic N) is 4. The van der Waals surface area contributed by atoms with Gasteiger partial charge in [-0.25, -0.2) is 15.0 Å². The second-order valence-corrected chi connectivity index (χ2v) is 8.51. The van der Waals surface area contributed by atoms with Gasteiger partial charge in [0.15, 0.2) is 5.78 Å². The third kappa shape index (κ3) is 4.26. The molecular weight excluding hydrogens is 398 g/mol. The first-order valence-corrected chi connectivity index (χ1v) is 11.3. The minimum absolute atomic E-state index is 0.155. The summed E-state index contributed by atoms with van der Waals surface area (Å²) in [7, 11) is 0. The zero-order valence-electron chi connectivity index (χ0n) is 18.4. The number of aryl methyl sites for hydroxylation is 1. The van der Waals surface area contributed by atoms with E-state index in [0.717, 1.165) is 66.9 Å². The fourth-order valence-electron chi connectivity index (χ4n) is 4.60. The summed E-state index contributed by atoms with van der Waals surface area (Å²) in [5.74, 6) is 2.21. The van der Waals surface area contributed by atoms with Gasteiger partial charge in [0, 0.05) is 12.5 Å². The first-order valence-electron chi connectivity index (χ1n) is 11.3. The van der Waals surface area contributed by atoms with Crippen molar-refractivity contribution in [2.45, 2.75) is 19.8 Å². The molecule has 0 unspecified atom stereocenters. The number of allylic oxidation sites excluding steroid dienone is 1. The Balaban J connectivity index is 1.32. The molecule has 3 heterocycles. The van der Waals surface area contributed by atoms with Gasteiger partial charge in [0.25, 0.3) is 5.82 Å². The van der Waals surface area contributed by atoms with Crippen LogP contribution in [-0.4, -0.2) is 41.9 Å². The summed E-state index contributed by atoms with van der Waals surface area (Å²) in [4.78, 5) is 30.4. The zero-order chi connectivity index (χ0) is 21.9. The maximum atomic E-state index is 12.9. The van der Waals surface area contributed by atoms with Gasteiger partial charge in [-0.05, 0) is 30.9 Å². The first kappa shape index (κ1) is 20.4. The number of hydrogen-bond acceptors (Lipinski definition) is 5. The van der Waals surface area contributed by atoms with E-state index in [4.69, 9.17) is 9.97 Å². The quantitative estimate of drug-likeness (QED) is 0.640. The van der Waals surface area contributed by atoms with E-state index in [1.165, 1.54) is 0 Å². The van der Waals surface area contributed by atoms with Crippen molar-refractivity contribution < 1.29 is 9.78 Å². The number of H-pyrrole nitrogens is 1. The largest absolute Gasteiger partial charge is 0.333 e. The maximum Gasteiger partial charge on any atom is 0.274 e. The maximum absolute atomic E-state index is 12.9. The Morgan fingerprint density at radius 1 is 0.938 bits per heavy atom. The van der Waals surface area contributed by atoms with Gasteiger partial charge >= 0.3 is 0 Å². The smallest absolute Gasteiger partial charge is 0.274 e. The third-order valence-electron chi connectivity index (χ3n) is 6.29. The summed E-state index contributed by atoms with van der Waals surface area (Å²) in [6, 6.07) is 16.4. The van der Waals surface area contributed by atoms with Crippen molar-refractivity contribution in [3.05, 3.63) is 83.3 Å². The molecular formula is C26H28N5O+. The molecule has 5 rings (SSSR count). The number of rotatable bonds is 4. The molecule has 1 fully saturated rings. The third-order valence-corrected chi connectivity index (χ3v) is 6.29. The number of pyridine rings is 1. The highest BCUT2D eigenvalue weighted by Crippen LogP contribution is 2.29. The van der Waals surface area contributed by atoms with Crippen LogP contribution in [0.5, 0.6) is 0 Å². The molecule has 3 aromatic rings. The fraction of sp³-hybridized carbons (Fsp3) is 0.308. The summed E-state index contributed by atoms with van der Waals surface area (Å²) >= 11 is 0. The SMILES string of the molecule is Cc1nc(N2CCN(c3cccc[nH+]3)CC2)nc2c1C(=O)C[C@H](/C=C/c1ccccc1)C2. The van der Waals surface area contributed by atoms with Gasteiger partial charge in [-0.2, -0.15) is 0 Å². The van der Waals surface area contributed by atoms with Crippen molar-refractivity contribution in [1.82, 2.24) is 9.97 Å². The van der Waals surface area contributed by atoms with Gasteiger partial charge < -0.3 is 4.90 Å². The Hall–Kier alpha value is -3.54. The van der Waals surface area contributed by atoms with E-state index in [9.17, 15) is 4.79 Å². The fourth-order valence-corrected chi connectivity index (χ4v) is 4.60. The zero-order valence-corrected chi connectivity index (χ0v) is 18.4. The molecule has 162 valence electrons. The van der Waals surface area contributed by atoms with E-state index in [0.29, 0.717) is 6.42 Å². The van der Waals surface area contributed by atoms with Crippen molar-refractivity contribution in [2.75, 3.05) is 36.0 Å². The number of aromatic nitrogens is 3. The average Bonchev–Trinajstić information content (AvgIpc) is 2.83. The van der Waals surface area contributed by atoms with Gasteiger partial charge in [0.1, 0.15) is 13.1 Å². The summed E-state index contributed by atoms with van der Waals surface area (Å²) in [5, 5.41) is 0. The van der Waals surface area contributed by atoms with Crippen LogP contribution in [0.3, 0.4) is 0 Å². The normalized spacial score (nSPS) is 18.8. The van der Waals surface area contributed by atoms with Gasteiger partial charge in [0.2, 0.25) is 5.95 Å². The molecule has 1 aliphatic heterocycles. The standard InChI is InChI=1S/C26H27N5O/c1-19-25-22(17-21(18-23(25)32)11-10-20-7-3-2-4-8-20)29-26(28-19)31-15-13-30(14-16-31)24-9-5-6-12-27-24/h2-12,21H,13-18H2,1H3/p+1/b11-10+/t21-/m1/s1. The molecule has 1 saturated heterocycles. The number of carbonyl (C=O) groups excluding carboxylic acids is 1. The van der Waals surface area contributed by atoms with Crippen LogP contribution >= 0.6 is 0 Å². The number of benzene rings is 1. The van der Waals surface area contributed by atoms with E-state index < -0.39 is 0 Å². The summed E-state index contributed by atoms with van der Waals surface area (Å²) in [6.45, 7) is 5.46. The Kier molecular flexibility index (Phi) is 5.67. The molecule has 0 saturated carbocycles. The molecule has 6 nitrogen and oxygen atoms in total. The summed E-state index contributed by atoms with van der Waals surface area (Å²) in [6.07, 6.45) is 7.52. The van der Waals surface area contributed by atoms with Gasteiger partial charge in [0.05, 0.1) is 36.2 Å². The minimum atomic E-state index is 0.155. The number of aromatic amines is 1. The van der Waals surface area contributed by atoms with Crippen LogP contribution in [0, 0.1) is 12.8 Å². The van der Waals surface area contributed by atoms with E-state index in [1.54, 1.807) is 0 Å². The highest BCUT2D eigenvalue weighted by atomic mass is 16.1. The second kappa shape index (κ2) is 8.91. The van der Waals surface area contributed by atoms with E-state index >= 15 is 0 Å². The highest BCUT2D eigenvalue weighted by Gasteiger charge is 2.30. The molecule has 1 N–H and O–H groups in total. The predicted octanol–water partition coefficient (Wildman–Crippen LogP) is 3.38. The van der Waals surface area contributed by atoms with Crippen molar-refractivity contribution in [3.63, 3.8) is 0 Å². The van der Waals surface area contributed by atoms with E-state index in [-0.39, 0.29) is 11.7 Å². The van der Waals surface area contributed by atoms with Crippen LogP contribution in [0.2, 0.25) is 0 Å². The lowest BCUT2D eigenvalue weighted by molar-refractivity contribution is -0.364. The molecule has 0 radical (unpaired) electrons. The number of Topliss-reactive ketones (excluding diaryl/α,β-unsaturated/α-hetero) is 1. The molecule has 2 aliphatic rings. The Labute approximate surface area is 188 Å². The lowest BCUT2D eigenvalue weighted by Gasteiger charge is -2.32. The number of hydrogen-bond donors (Lipinski definition) is 0. The second-order valence-electron chi connectivity index (χ2n) is 8.51. The molecule has 1 atom stereocenters. The summed E-state index contributed by atoms with van der Waals surface area (Å²) < 4.78 is 0. The minimum Gasteiger partial charge on any atom is -0.333 e. The number of anilines is 2. The van der Waals surface area contributed by atoms with E-state index in [2.05, 4.69) is 45.1 Å². The Morgan fingerprint density at radius 3 is 2.44 bits per heavy atom. The number of nitrogens with one attached hydrogen (secondary N) is 1. The Bertz CT molecular complexity index is 1120. The number of carbonyl (C=O) groups is 1. The topological polar surface area (TPSA) is 63.5 Å². The molecule has 0 spiro atoms. The molecule has 32 heavy (non-hydrogen) atoms. The highest BCUT2D eigenvalue weighted by molar-refractivity contribution is 5.99. The van der Waals surface area contributed by atoms with Crippen LogP contribution in [0.4, 0.5) is 11.8 Å². The van der Waals surface area contributed by atoms with Crippen LogP contribution in [0.25, 0.3) is 6.08 Å². The number of ketones is 1. The van der Waals surface area contributed by atoms with Crippen LogP contribution in [-0.2, 0) is 6.42 Å². The van der Waals surface area contributed by atoms with Crippen molar-refractivity contribution in [3.8, 4) is 0 Å². The lowest BCUT2D eigenvalue weighted by atomic mass is 9.85. The van der Waals surface area contributed by atoms with Crippen molar-refractivity contribution >= 4 is 23.6 Å². The molecule has 6 heteroatoms. The predicted molar refractivity (Wildman–Crippen MR) is 126 cm³/mol. The molecule has 1 aliphatic carbocycles. The molecule has 0 bridgehead atoms. The van der Waals surface area contributed by atoms with Crippen molar-refractivity contribution in [2.24, 2.45) is 5.92 Å². The summed E-state index contributed by atoms with van der Waals surface area (Å²) in [5.41, 5.74) is 3.58. The van der Waals surface area contributed by atoms with Gasteiger partial charge in [-0.1, -0.05) is 48.6 Å². The molecule has 0 amide bonds. The molecule has 2 aromatic heterocycles. The van der Waals surface area contributed by atoms with Gasteiger partial charge in [-0.3, -0.25) is 9.69 Å². The van der Waals surface area contributed by atoms with Gasteiger partial charge in [-0.15, -0.1) is 0 Å². The average molecular weight is 427 g/mol. The van der Waals surface area contributed by atoms with Crippen LogP contribution in [0.1, 0.15) is 33.7 Å². The van der Waals surface area contributed by atoms with Crippen LogP contribution in [0.15, 0.2) is 60.8 Å². The Morgan fingerprint density at radius 2 is 1.69 bits per heavy atom. The van der Waals surface area contributed by atoms with E-state index in [1.807, 2.05) is 43.5 Å². The number of fused-ring (bicyclic) bond motifs is 1. The first-order chi connectivity index (χ1) is 15.7. The van der Waals surface area contributed by atoms with Crippen LogP contribution < -0.4 is 14.8 Å². The molecule has 1 aromatic carbocycles. The monoisotopic (exact) mass is 426 g/mol.